The van der Waals surface area contributed by atoms with E-state index in [1.165, 1.54) is 96.3 Å². The first kappa shape index (κ1) is 49.3. The second-order valence-corrected chi connectivity index (χ2v) is 13.9. The third kappa shape index (κ3) is 40.1. The molecule has 0 fully saturated rings. The highest BCUT2D eigenvalue weighted by atomic mass is 16.6. The lowest BCUT2D eigenvalue weighted by atomic mass is 10.0. The maximum atomic E-state index is 12.0. The number of hydrogen-bond acceptors (Lipinski definition) is 6. The highest BCUT2D eigenvalue weighted by molar-refractivity contribution is 5.70. The van der Waals surface area contributed by atoms with E-state index in [2.05, 4.69) is 50.3 Å². The normalized spacial score (nSPS) is 13.5. The second-order valence-electron chi connectivity index (χ2n) is 13.9. The molecule has 1 unspecified atom stereocenters. The zero-order chi connectivity index (χ0) is 38.0. The number of esters is 2. The molecule has 0 aromatic carbocycles. The Morgan fingerprint density at radius 3 is 1.44 bits per heavy atom. The lowest BCUT2D eigenvalue weighted by Crippen LogP contribution is -2.25. The van der Waals surface area contributed by atoms with E-state index in [4.69, 9.17) is 9.47 Å². The third-order valence-electron chi connectivity index (χ3n) is 8.80. The van der Waals surface area contributed by atoms with Crippen LogP contribution < -0.4 is 0 Å². The summed E-state index contributed by atoms with van der Waals surface area (Å²) in [6, 6.07) is 0. The zero-order valence-corrected chi connectivity index (χ0v) is 33.4. The van der Waals surface area contributed by atoms with E-state index in [0.717, 1.165) is 44.9 Å². The molecule has 0 saturated heterocycles. The van der Waals surface area contributed by atoms with Crippen LogP contribution in [0.2, 0.25) is 0 Å². The molecule has 6 nitrogen and oxygen atoms in total. The van der Waals surface area contributed by atoms with Gasteiger partial charge in [-0.05, 0) is 44.9 Å². The van der Waals surface area contributed by atoms with Crippen LogP contribution in [0.3, 0.4) is 0 Å². The maximum Gasteiger partial charge on any atom is 0.306 e. The molecule has 0 bridgehead atoms. The molecule has 0 aliphatic carbocycles. The number of carbonyl (C=O) groups excluding carboxylic acids is 2. The van der Waals surface area contributed by atoms with Crippen LogP contribution in [0.5, 0.6) is 0 Å². The van der Waals surface area contributed by atoms with Crippen LogP contribution in [-0.2, 0) is 19.1 Å². The summed E-state index contributed by atoms with van der Waals surface area (Å²) < 4.78 is 10.3. The van der Waals surface area contributed by atoms with E-state index in [0.29, 0.717) is 19.3 Å². The van der Waals surface area contributed by atoms with Crippen molar-refractivity contribution < 1.29 is 29.3 Å². The van der Waals surface area contributed by atoms with Gasteiger partial charge in [0.15, 0.2) is 0 Å². The Morgan fingerprint density at radius 2 is 0.942 bits per heavy atom. The van der Waals surface area contributed by atoms with Crippen LogP contribution in [0.4, 0.5) is 0 Å². The van der Waals surface area contributed by atoms with Crippen molar-refractivity contribution in [1.82, 2.24) is 0 Å². The van der Waals surface area contributed by atoms with Gasteiger partial charge < -0.3 is 19.7 Å². The summed E-state index contributed by atoms with van der Waals surface area (Å²) in [6.07, 6.45) is 51.6. The first-order valence-electron chi connectivity index (χ1n) is 21.1. The molecule has 2 atom stereocenters. The van der Waals surface area contributed by atoms with Crippen LogP contribution in [0.25, 0.3) is 0 Å². The molecule has 2 N–H and O–H groups in total. The van der Waals surface area contributed by atoms with Crippen molar-refractivity contribution in [3.8, 4) is 0 Å². The number of carbonyl (C=O) groups is 2. The fourth-order valence-corrected chi connectivity index (χ4v) is 5.61. The molecule has 0 aliphatic heterocycles. The predicted octanol–water partition coefficient (Wildman–Crippen LogP) is 12.3. The summed E-state index contributed by atoms with van der Waals surface area (Å²) in [6.45, 7) is 4.03. The average Bonchev–Trinajstić information content (AvgIpc) is 3.14. The topological polar surface area (TPSA) is 93.1 Å². The standard InChI is InChI=1S/C46H78O6/c1-3-5-7-8-9-10-11-12-13-14-15-16-19-22-25-28-31-35-39-45(49)51-41-44(48)42-52-46(50)40-36-32-29-26-23-20-17-18-21-24-27-30-34-38-43(47)37-33-6-4-2/h6,18,20-21,23,27,29-30,32-34,38,43-44,47-48H,3-5,7-17,19,22,24-26,28,31,35-37,39-42H2,1-2H3/b21-18-,23-20-,30-27+,32-29-,33-6-,38-34+/t43?,44-/m1/s1. The summed E-state index contributed by atoms with van der Waals surface area (Å²) in [5.41, 5.74) is 0. The highest BCUT2D eigenvalue weighted by Crippen LogP contribution is 2.15. The van der Waals surface area contributed by atoms with Crippen LogP contribution in [0.1, 0.15) is 181 Å². The van der Waals surface area contributed by atoms with Crippen LogP contribution in [0.15, 0.2) is 72.9 Å². The molecule has 0 amide bonds. The lowest BCUT2D eigenvalue weighted by molar-refractivity contribution is -0.152. The first-order valence-corrected chi connectivity index (χ1v) is 21.1. The Labute approximate surface area is 319 Å². The van der Waals surface area contributed by atoms with E-state index in [-0.39, 0.29) is 31.6 Å². The van der Waals surface area contributed by atoms with Gasteiger partial charge in [-0.25, -0.2) is 0 Å². The van der Waals surface area contributed by atoms with Gasteiger partial charge in [0.1, 0.15) is 19.3 Å². The van der Waals surface area contributed by atoms with Crippen molar-refractivity contribution in [3.05, 3.63) is 72.9 Å². The van der Waals surface area contributed by atoms with Gasteiger partial charge in [-0.3, -0.25) is 9.59 Å². The van der Waals surface area contributed by atoms with Gasteiger partial charge in [0, 0.05) is 12.8 Å². The third-order valence-corrected chi connectivity index (χ3v) is 8.80. The molecule has 0 heterocycles. The number of aliphatic hydroxyl groups is 2. The van der Waals surface area contributed by atoms with Crippen LogP contribution in [-0.4, -0.2) is 47.6 Å². The van der Waals surface area contributed by atoms with Gasteiger partial charge >= 0.3 is 11.9 Å². The Hall–Kier alpha value is -2.70. The molecule has 0 aromatic heterocycles. The number of aliphatic hydroxyl groups excluding tert-OH is 2. The zero-order valence-electron chi connectivity index (χ0n) is 33.4. The van der Waals surface area contributed by atoms with E-state index in [1.807, 2.05) is 30.4 Å². The monoisotopic (exact) mass is 727 g/mol. The molecule has 0 aromatic rings. The molecule has 52 heavy (non-hydrogen) atoms. The van der Waals surface area contributed by atoms with Gasteiger partial charge in [0.05, 0.1) is 6.10 Å². The van der Waals surface area contributed by atoms with Crippen molar-refractivity contribution in [2.75, 3.05) is 13.2 Å². The van der Waals surface area contributed by atoms with Gasteiger partial charge in [-0.2, -0.15) is 0 Å². The molecule has 0 rings (SSSR count). The molecular weight excluding hydrogens is 648 g/mol. The molecular formula is C46H78O6. The molecule has 6 heteroatoms. The summed E-state index contributed by atoms with van der Waals surface area (Å²) in [4.78, 5) is 23.9. The van der Waals surface area contributed by atoms with Gasteiger partial charge in [-0.1, -0.05) is 196 Å². The Morgan fingerprint density at radius 1 is 0.500 bits per heavy atom. The molecule has 0 spiro atoms. The minimum atomic E-state index is -1.01. The van der Waals surface area contributed by atoms with E-state index < -0.39 is 12.2 Å². The van der Waals surface area contributed by atoms with Crippen LogP contribution in [0, 0.1) is 0 Å². The maximum absolute atomic E-state index is 12.0. The van der Waals surface area contributed by atoms with E-state index >= 15 is 0 Å². The van der Waals surface area contributed by atoms with E-state index in [1.54, 1.807) is 6.08 Å². The number of unbranched alkanes of at least 4 members (excludes halogenated alkanes) is 17. The summed E-state index contributed by atoms with van der Waals surface area (Å²) in [5, 5.41) is 19.8. The molecule has 298 valence electrons. The molecule has 0 radical (unpaired) electrons. The minimum absolute atomic E-state index is 0.150. The van der Waals surface area contributed by atoms with E-state index in [9.17, 15) is 19.8 Å². The van der Waals surface area contributed by atoms with Crippen molar-refractivity contribution in [1.29, 1.82) is 0 Å². The minimum Gasteiger partial charge on any atom is -0.463 e. The lowest BCUT2D eigenvalue weighted by Gasteiger charge is -2.12. The van der Waals surface area contributed by atoms with Crippen molar-refractivity contribution in [2.24, 2.45) is 0 Å². The molecule has 0 saturated carbocycles. The highest BCUT2D eigenvalue weighted by Gasteiger charge is 2.11. The number of ether oxygens (including phenoxy) is 2. The first-order chi connectivity index (χ1) is 25.5. The smallest absolute Gasteiger partial charge is 0.306 e. The second kappa shape index (κ2) is 41.1. The van der Waals surface area contributed by atoms with Crippen LogP contribution >= 0.6 is 0 Å². The van der Waals surface area contributed by atoms with Gasteiger partial charge in [0.2, 0.25) is 0 Å². The number of hydrogen-bond donors (Lipinski definition) is 2. The van der Waals surface area contributed by atoms with Gasteiger partial charge in [0.25, 0.3) is 0 Å². The fraction of sp³-hybridized carbons (Fsp3) is 0.696. The average molecular weight is 727 g/mol. The number of rotatable bonds is 37. The summed E-state index contributed by atoms with van der Waals surface area (Å²) in [7, 11) is 0. The Balaban J connectivity index is 3.59. The molecule has 0 aliphatic rings. The largest absolute Gasteiger partial charge is 0.463 e. The quantitative estimate of drug-likeness (QED) is 0.0286. The Kier molecular flexibility index (Phi) is 38.9. The van der Waals surface area contributed by atoms with Gasteiger partial charge in [-0.15, -0.1) is 0 Å². The van der Waals surface area contributed by atoms with Crippen molar-refractivity contribution in [2.45, 2.75) is 193 Å². The fourth-order valence-electron chi connectivity index (χ4n) is 5.61. The SMILES string of the molecule is CC/C=C\CC(O)/C=C/C=C/C/C=C\C/C=C\C/C=C\CCC(=O)OC[C@H](O)COC(=O)CCCCCCCCCCCCCCCCCCCC. The summed E-state index contributed by atoms with van der Waals surface area (Å²) >= 11 is 0. The van der Waals surface area contributed by atoms with Crippen molar-refractivity contribution in [3.63, 3.8) is 0 Å². The Bertz CT molecular complexity index is 975. The number of allylic oxidation sites excluding steroid dienone is 10. The van der Waals surface area contributed by atoms with Crippen molar-refractivity contribution >= 4 is 11.9 Å². The summed E-state index contributed by atoms with van der Waals surface area (Å²) in [5.74, 6) is -0.680. The predicted molar refractivity (Wildman–Crippen MR) is 220 cm³/mol.